The van der Waals surface area contributed by atoms with Gasteiger partial charge in [-0.15, -0.1) is 0 Å². The van der Waals surface area contributed by atoms with Crippen molar-refractivity contribution in [2.24, 2.45) is 34.0 Å². The molecule has 0 aliphatic carbocycles. The number of nitrogens with zero attached hydrogens (tertiary/aromatic N) is 1. The van der Waals surface area contributed by atoms with E-state index in [4.69, 9.17) is 22.3 Å². The van der Waals surface area contributed by atoms with Crippen molar-refractivity contribution in [2.75, 3.05) is 6.54 Å². The van der Waals surface area contributed by atoms with Gasteiger partial charge in [-0.2, -0.15) is 0 Å². The number of carbonyl (C=O) groups excluding carboxylic acids is 3. The first kappa shape index (κ1) is 30.6. The van der Waals surface area contributed by atoms with Crippen LogP contribution in [0, 0.1) is 11.8 Å². The SMILES string of the molecule is CC(C)C(NC(=O)C(CCCN=C(N)N)NC(=O)C(NC(=O)C(N)CC(=O)O)C(C)C)C(=O)O. The van der Waals surface area contributed by atoms with Gasteiger partial charge in [0.1, 0.15) is 18.1 Å². The van der Waals surface area contributed by atoms with E-state index in [9.17, 15) is 29.1 Å². The normalized spacial score (nSPS) is 14.4. The zero-order valence-electron chi connectivity index (χ0n) is 19.9. The Hall–Kier alpha value is -3.42. The minimum absolute atomic E-state index is 0.0794. The Bertz CT molecular complexity index is 766. The average molecular weight is 488 g/mol. The number of nitrogens with one attached hydrogen (secondary N) is 3. The summed E-state index contributed by atoms with van der Waals surface area (Å²) in [6, 6.07) is -4.82. The number of amides is 3. The highest BCUT2D eigenvalue weighted by Crippen LogP contribution is 2.08. The molecule has 3 amide bonds. The molecule has 14 nitrogen and oxygen atoms in total. The van der Waals surface area contributed by atoms with Gasteiger partial charge in [0.15, 0.2) is 5.96 Å². The van der Waals surface area contributed by atoms with E-state index >= 15 is 0 Å². The van der Waals surface area contributed by atoms with Gasteiger partial charge >= 0.3 is 11.9 Å². The highest BCUT2D eigenvalue weighted by Gasteiger charge is 2.32. The molecule has 4 atom stereocenters. The van der Waals surface area contributed by atoms with E-state index in [-0.39, 0.29) is 25.3 Å². The molecule has 194 valence electrons. The predicted molar refractivity (Wildman–Crippen MR) is 123 cm³/mol. The molecule has 0 radical (unpaired) electrons. The van der Waals surface area contributed by atoms with Crippen LogP contribution >= 0.6 is 0 Å². The van der Waals surface area contributed by atoms with Crippen LogP contribution in [0.25, 0.3) is 0 Å². The molecule has 0 aromatic carbocycles. The molecule has 0 saturated heterocycles. The molecule has 0 fully saturated rings. The topological polar surface area (TPSA) is 252 Å². The van der Waals surface area contributed by atoms with Crippen LogP contribution in [0.3, 0.4) is 0 Å². The summed E-state index contributed by atoms with van der Waals surface area (Å²) in [5, 5.41) is 25.5. The molecular weight excluding hydrogens is 450 g/mol. The summed E-state index contributed by atoms with van der Waals surface area (Å²) in [4.78, 5) is 64.0. The molecule has 0 bridgehead atoms. The molecule has 0 heterocycles. The largest absolute Gasteiger partial charge is 0.481 e. The first-order chi connectivity index (χ1) is 15.7. The number of carboxylic acids is 2. The lowest BCUT2D eigenvalue weighted by Gasteiger charge is -2.27. The molecule has 0 aromatic rings. The molecule has 14 heteroatoms. The molecule has 11 N–H and O–H groups in total. The van der Waals surface area contributed by atoms with Crippen molar-refractivity contribution in [3.63, 3.8) is 0 Å². The number of carboxylic acid groups (broad SMARTS) is 2. The minimum Gasteiger partial charge on any atom is -0.481 e. The lowest BCUT2D eigenvalue weighted by Crippen LogP contribution is -2.58. The zero-order valence-corrected chi connectivity index (χ0v) is 19.9. The van der Waals surface area contributed by atoms with Crippen molar-refractivity contribution < 1.29 is 34.2 Å². The molecule has 0 aliphatic rings. The van der Waals surface area contributed by atoms with Crippen LogP contribution in [0.2, 0.25) is 0 Å². The number of rotatable bonds is 15. The molecule has 34 heavy (non-hydrogen) atoms. The number of aliphatic imine (C=N–C) groups is 1. The van der Waals surface area contributed by atoms with Crippen molar-refractivity contribution in [3.05, 3.63) is 0 Å². The number of hydrogen-bond acceptors (Lipinski definition) is 7. The van der Waals surface area contributed by atoms with E-state index in [0.29, 0.717) is 0 Å². The Morgan fingerprint density at radius 2 is 1.35 bits per heavy atom. The maximum absolute atomic E-state index is 12.9. The first-order valence-electron chi connectivity index (χ1n) is 10.8. The standard InChI is InChI=1S/C20H37N7O7/c1-9(2)14(26-16(30)11(21)8-13(28)29)18(32)25-12(6-5-7-24-20(22)23)17(31)27-15(10(3)4)19(33)34/h9-12,14-15H,5-8,21H2,1-4H3,(H,25,32)(H,26,30)(H,27,31)(H,28,29)(H,33,34)(H4,22,23,24). The highest BCUT2D eigenvalue weighted by atomic mass is 16.4. The summed E-state index contributed by atoms with van der Waals surface area (Å²) in [7, 11) is 0. The molecule has 0 spiro atoms. The van der Waals surface area contributed by atoms with Crippen LogP contribution in [0.4, 0.5) is 0 Å². The maximum Gasteiger partial charge on any atom is 0.326 e. The second-order valence-corrected chi connectivity index (χ2v) is 8.51. The number of guanidine groups is 1. The smallest absolute Gasteiger partial charge is 0.326 e. The van der Waals surface area contributed by atoms with Crippen LogP contribution in [0.15, 0.2) is 4.99 Å². The average Bonchev–Trinajstić information content (AvgIpc) is 2.70. The third-order valence-corrected chi connectivity index (χ3v) is 4.79. The van der Waals surface area contributed by atoms with Gasteiger partial charge in [-0.1, -0.05) is 27.7 Å². The molecule has 0 saturated carbocycles. The van der Waals surface area contributed by atoms with Crippen molar-refractivity contribution in [2.45, 2.75) is 71.1 Å². The summed E-state index contributed by atoms with van der Waals surface area (Å²) in [6.45, 7) is 6.69. The summed E-state index contributed by atoms with van der Waals surface area (Å²) in [5.74, 6) is -5.78. The number of carbonyl (C=O) groups is 5. The monoisotopic (exact) mass is 487 g/mol. The van der Waals surface area contributed by atoms with Crippen LogP contribution in [-0.4, -0.2) is 76.5 Å². The molecule has 4 unspecified atom stereocenters. The van der Waals surface area contributed by atoms with E-state index < -0.39 is 72.1 Å². The van der Waals surface area contributed by atoms with Crippen molar-refractivity contribution in [3.8, 4) is 0 Å². The summed E-state index contributed by atoms with van der Waals surface area (Å²) in [6.07, 6.45) is -0.256. The second-order valence-electron chi connectivity index (χ2n) is 8.51. The Morgan fingerprint density at radius 3 is 1.79 bits per heavy atom. The summed E-state index contributed by atoms with van der Waals surface area (Å²) in [5.41, 5.74) is 16.1. The van der Waals surface area contributed by atoms with Gasteiger partial charge in [-0.3, -0.25) is 24.2 Å². The lowest BCUT2D eigenvalue weighted by molar-refractivity contribution is -0.143. The fraction of sp³-hybridized carbons (Fsp3) is 0.700. The van der Waals surface area contributed by atoms with Crippen molar-refractivity contribution in [1.29, 1.82) is 0 Å². The quantitative estimate of drug-likeness (QED) is 0.0695. The van der Waals surface area contributed by atoms with Crippen LogP contribution in [0.1, 0.15) is 47.0 Å². The minimum atomic E-state index is -1.37. The summed E-state index contributed by atoms with van der Waals surface area (Å²) >= 11 is 0. The van der Waals surface area contributed by atoms with Gasteiger partial charge in [0.05, 0.1) is 12.5 Å². The van der Waals surface area contributed by atoms with Crippen LogP contribution in [-0.2, 0) is 24.0 Å². The lowest BCUT2D eigenvalue weighted by atomic mass is 10.0. The molecule has 0 rings (SSSR count). The maximum atomic E-state index is 12.9. The van der Waals surface area contributed by atoms with Crippen LogP contribution in [0.5, 0.6) is 0 Å². The van der Waals surface area contributed by atoms with Gasteiger partial charge in [0.2, 0.25) is 17.7 Å². The van der Waals surface area contributed by atoms with Gasteiger partial charge < -0.3 is 43.4 Å². The summed E-state index contributed by atoms with van der Waals surface area (Å²) < 4.78 is 0. The Kier molecular flexibility index (Phi) is 13.2. The molecular formula is C20H37N7O7. The second kappa shape index (κ2) is 14.7. The van der Waals surface area contributed by atoms with Crippen molar-refractivity contribution >= 4 is 35.6 Å². The van der Waals surface area contributed by atoms with E-state index in [1.165, 1.54) is 0 Å². The third kappa shape index (κ3) is 11.4. The zero-order chi connectivity index (χ0) is 26.6. The number of hydrogen-bond donors (Lipinski definition) is 8. The van der Waals surface area contributed by atoms with E-state index in [2.05, 4.69) is 20.9 Å². The highest BCUT2D eigenvalue weighted by molar-refractivity contribution is 5.94. The van der Waals surface area contributed by atoms with Gasteiger partial charge in [0.25, 0.3) is 0 Å². The fourth-order valence-corrected chi connectivity index (χ4v) is 2.88. The van der Waals surface area contributed by atoms with Gasteiger partial charge in [-0.05, 0) is 24.7 Å². The van der Waals surface area contributed by atoms with Gasteiger partial charge in [-0.25, -0.2) is 4.79 Å². The first-order valence-corrected chi connectivity index (χ1v) is 10.8. The van der Waals surface area contributed by atoms with E-state index in [1.807, 2.05) is 0 Å². The Balaban J connectivity index is 5.55. The number of aliphatic carboxylic acids is 2. The van der Waals surface area contributed by atoms with E-state index in [0.717, 1.165) is 0 Å². The van der Waals surface area contributed by atoms with Crippen LogP contribution < -0.4 is 33.2 Å². The van der Waals surface area contributed by atoms with Crippen molar-refractivity contribution in [1.82, 2.24) is 16.0 Å². The predicted octanol–water partition coefficient (Wildman–Crippen LogP) is -2.31. The Morgan fingerprint density at radius 1 is 0.824 bits per heavy atom. The fourth-order valence-electron chi connectivity index (χ4n) is 2.88. The molecule has 0 aromatic heterocycles. The number of nitrogens with two attached hydrogens (primary N) is 3. The van der Waals surface area contributed by atoms with Gasteiger partial charge in [0, 0.05) is 6.54 Å². The third-order valence-electron chi connectivity index (χ3n) is 4.79. The van der Waals surface area contributed by atoms with E-state index in [1.54, 1.807) is 27.7 Å². The Labute approximate surface area is 198 Å². The molecule has 0 aliphatic heterocycles.